The fourth-order valence-corrected chi connectivity index (χ4v) is 4.44. The van der Waals surface area contributed by atoms with E-state index in [2.05, 4.69) is 10.6 Å². The smallest absolute Gasteiger partial charge is 0.338 e. The summed E-state index contributed by atoms with van der Waals surface area (Å²) in [5.74, 6) is -5.20. The summed E-state index contributed by atoms with van der Waals surface area (Å²) >= 11 is 0. The fraction of sp³-hybridized carbons (Fsp3) is 0.333. The van der Waals surface area contributed by atoms with Crippen molar-refractivity contribution in [3.8, 4) is 0 Å². The number of carboxylic acid groups (broad SMARTS) is 2. The standard InChI is InChI=1S/C24H26N2O8/c1-22(2)24(34-23(3,4)33-22,21(32)25-12-14-8-6-5-7-9-14)18-15(19(28)29)10-11-16(26-13-27)17(18)20(30)31/h5-11,13H,12H2,1-4H3,(H,25,32)(H,26,27)(H,28,29)(H,30,31)/t24-/m0/s1. The van der Waals surface area contributed by atoms with Crippen LogP contribution in [-0.2, 0) is 31.2 Å². The molecule has 0 unspecified atom stereocenters. The minimum absolute atomic E-state index is 0.0678. The molecule has 1 aliphatic heterocycles. The van der Waals surface area contributed by atoms with Gasteiger partial charge in [-0.3, -0.25) is 9.59 Å². The van der Waals surface area contributed by atoms with Gasteiger partial charge in [0.05, 0.1) is 16.8 Å². The average Bonchev–Trinajstić information content (AvgIpc) is 2.96. The van der Waals surface area contributed by atoms with E-state index in [0.717, 1.165) is 17.7 Å². The maximum Gasteiger partial charge on any atom is 0.338 e. The van der Waals surface area contributed by atoms with Crippen LogP contribution < -0.4 is 10.6 Å². The van der Waals surface area contributed by atoms with Crippen LogP contribution in [0.5, 0.6) is 0 Å². The van der Waals surface area contributed by atoms with Gasteiger partial charge in [-0.2, -0.15) is 0 Å². The maximum atomic E-state index is 13.9. The zero-order chi connectivity index (χ0) is 25.3. The van der Waals surface area contributed by atoms with Crippen molar-refractivity contribution in [3.05, 3.63) is 64.7 Å². The molecule has 10 nitrogen and oxygen atoms in total. The van der Waals surface area contributed by atoms with Gasteiger partial charge in [-0.05, 0) is 45.4 Å². The van der Waals surface area contributed by atoms with E-state index >= 15 is 0 Å². The first-order chi connectivity index (χ1) is 15.9. The second-order valence-electron chi connectivity index (χ2n) is 8.75. The van der Waals surface area contributed by atoms with Crippen LogP contribution in [0.4, 0.5) is 5.69 Å². The lowest BCUT2D eigenvalue weighted by Gasteiger charge is -2.38. The quantitative estimate of drug-likeness (QED) is 0.430. The van der Waals surface area contributed by atoms with Crippen molar-refractivity contribution in [2.24, 2.45) is 0 Å². The van der Waals surface area contributed by atoms with E-state index in [4.69, 9.17) is 9.47 Å². The number of ether oxygens (including phenoxy) is 2. The first kappa shape index (κ1) is 24.9. The lowest BCUT2D eigenvalue weighted by molar-refractivity contribution is -0.177. The Labute approximate surface area is 195 Å². The Hall–Kier alpha value is -3.76. The van der Waals surface area contributed by atoms with Crippen LogP contribution in [0, 0.1) is 0 Å². The minimum Gasteiger partial charge on any atom is -0.478 e. The van der Waals surface area contributed by atoms with E-state index in [9.17, 15) is 29.4 Å². The number of rotatable bonds is 8. The largest absolute Gasteiger partial charge is 0.478 e. The minimum atomic E-state index is -2.20. The van der Waals surface area contributed by atoms with E-state index in [1.165, 1.54) is 27.7 Å². The molecule has 3 rings (SSSR count). The van der Waals surface area contributed by atoms with Crippen molar-refractivity contribution in [2.75, 3.05) is 5.32 Å². The molecule has 0 aromatic heterocycles. The molecule has 2 aromatic rings. The summed E-state index contributed by atoms with van der Waals surface area (Å²) < 4.78 is 12.1. The molecule has 1 heterocycles. The van der Waals surface area contributed by atoms with E-state index in [1.807, 2.05) is 6.07 Å². The third kappa shape index (κ3) is 4.25. The zero-order valence-electron chi connectivity index (χ0n) is 19.2. The third-order valence-corrected chi connectivity index (χ3v) is 5.58. The lowest BCUT2D eigenvalue weighted by atomic mass is 9.74. The Balaban J connectivity index is 2.33. The number of nitrogens with one attached hydrogen (secondary N) is 2. The molecule has 2 amide bonds. The Morgan fingerprint density at radius 3 is 2.09 bits per heavy atom. The molecule has 0 aliphatic carbocycles. The summed E-state index contributed by atoms with van der Waals surface area (Å²) in [4.78, 5) is 49.6. The van der Waals surface area contributed by atoms with Crippen LogP contribution in [0.2, 0.25) is 0 Å². The molecular weight excluding hydrogens is 444 g/mol. The van der Waals surface area contributed by atoms with Crippen molar-refractivity contribution >= 4 is 29.9 Å². The highest BCUT2D eigenvalue weighted by Gasteiger charge is 2.66. The number of benzene rings is 2. The summed E-state index contributed by atoms with van der Waals surface area (Å²) in [7, 11) is 0. The molecule has 0 radical (unpaired) electrons. The SMILES string of the molecule is CC1(C)OC(C)(C)[C@@](C(=O)NCc2ccccc2)(c2c(C(=O)O)ccc(NC=O)c2C(=O)O)O1. The number of hydrogen-bond donors (Lipinski definition) is 4. The summed E-state index contributed by atoms with van der Waals surface area (Å²) in [5.41, 5.74) is -4.65. The molecule has 1 aliphatic rings. The summed E-state index contributed by atoms with van der Waals surface area (Å²) in [6.07, 6.45) is 0.259. The second-order valence-corrected chi connectivity index (χ2v) is 8.75. The van der Waals surface area contributed by atoms with Gasteiger partial charge in [-0.1, -0.05) is 30.3 Å². The predicted molar refractivity (Wildman–Crippen MR) is 120 cm³/mol. The van der Waals surface area contributed by atoms with Crippen molar-refractivity contribution < 1.29 is 38.9 Å². The van der Waals surface area contributed by atoms with E-state index in [0.29, 0.717) is 0 Å². The summed E-state index contributed by atoms with van der Waals surface area (Å²) in [5, 5.41) is 25.0. The monoisotopic (exact) mass is 470 g/mol. The molecule has 0 spiro atoms. The number of hydrogen-bond acceptors (Lipinski definition) is 6. The van der Waals surface area contributed by atoms with Gasteiger partial charge in [0.25, 0.3) is 5.91 Å². The van der Waals surface area contributed by atoms with Crippen LogP contribution >= 0.6 is 0 Å². The fourth-order valence-electron chi connectivity index (χ4n) is 4.44. The Bertz CT molecular complexity index is 1140. The second kappa shape index (κ2) is 8.88. The number of anilines is 1. The molecule has 2 aromatic carbocycles. The number of aromatic carboxylic acids is 2. The van der Waals surface area contributed by atoms with Crippen LogP contribution in [-0.4, -0.2) is 45.9 Å². The van der Waals surface area contributed by atoms with Crippen molar-refractivity contribution in [1.82, 2.24) is 5.32 Å². The van der Waals surface area contributed by atoms with E-state index in [-0.39, 0.29) is 18.6 Å². The number of carbonyl (C=O) groups is 4. The van der Waals surface area contributed by atoms with Crippen molar-refractivity contribution in [1.29, 1.82) is 0 Å². The van der Waals surface area contributed by atoms with E-state index in [1.54, 1.807) is 24.3 Å². The summed E-state index contributed by atoms with van der Waals surface area (Å²) in [6, 6.07) is 11.2. The average molecular weight is 470 g/mol. The number of carbonyl (C=O) groups excluding carboxylic acids is 2. The zero-order valence-corrected chi connectivity index (χ0v) is 19.2. The molecule has 1 saturated heterocycles. The number of carboxylic acids is 2. The van der Waals surface area contributed by atoms with Gasteiger partial charge in [-0.25, -0.2) is 9.59 Å². The molecular formula is C24H26N2O8. The van der Waals surface area contributed by atoms with Gasteiger partial charge in [-0.15, -0.1) is 0 Å². The molecule has 34 heavy (non-hydrogen) atoms. The normalized spacial score (nSPS) is 20.4. The molecule has 0 saturated carbocycles. The Kier molecular flexibility index (Phi) is 6.50. The highest BCUT2D eigenvalue weighted by atomic mass is 16.8. The molecule has 0 bridgehead atoms. The molecule has 1 atom stereocenters. The van der Waals surface area contributed by atoms with Crippen LogP contribution in [0.1, 0.15) is 59.5 Å². The van der Waals surface area contributed by atoms with Gasteiger partial charge in [0.1, 0.15) is 5.60 Å². The van der Waals surface area contributed by atoms with Crippen LogP contribution in [0.25, 0.3) is 0 Å². The van der Waals surface area contributed by atoms with Gasteiger partial charge in [0, 0.05) is 12.1 Å². The van der Waals surface area contributed by atoms with Gasteiger partial charge >= 0.3 is 11.9 Å². The topological polar surface area (TPSA) is 151 Å². The third-order valence-electron chi connectivity index (χ3n) is 5.58. The van der Waals surface area contributed by atoms with Crippen molar-refractivity contribution in [3.63, 3.8) is 0 Å². The van der Waals surface area contributed by atoms with Gasteiger partial charge in [0.2, 0.25) is 12.0 Å². The molecule has 10 heteroatoms. The van der Waals surface area contributed by atoms with Crippen LogP contribution in [0.3, 0.4) is 0 Å². The molecule has 180 valence electrons. The highest BCUT2D eigenvalue weighted by molar-refractivity contribution is 6.06. The Morgan fingerprint density at radius 1 is 0.941 bits per heavy atom. The predicted octanol–water partition coefficient (Wildman–Crippen LogP) is 2.72. The van der Waals surface area contributed by atoms with Crippen LogP contribution in [0.15, 0.2) is 42.5 Å². The highest BCUT2D eigenvalue weighted by Crippen LogP contribution is 2.53. The first-order valence-electron chi connectivity index (χ1n) is 10.4. The van der Waals surface area contributed by atoms with E-state index < -0.39 is 51.5 Å². The van der Waals surface area contributed by atoms with Gasteiger partial charge in [0.15, 0.2) is 5.79 Å². The van der Waals surface area contributed by atoms with Crippen molar-refractivity contribution in [2.45, 2.75) is 51.2 Å². The maximum absolute atomic E-state index is 13.9. The Morgan fingerprint density at radius 2 is 1.59 bits per heavy atom. The molecule has 4 N–H and O–H groups in total. The number of amides is 2. The summed E-state index contributed by atoms with van der Waals surface area (Å²) in [6.45, 7) is 6.17. The van der Waals surface area contributed by atoms with Gasteiger partial charge < -0.3 is 30.3 Å². The molecule has 1 fully saturated rings. The first-order valence-corrected chi connectivity index (χ1v) is 10.4. The lowest BCUT2D eigenvalue weighted by Crippen LogP contribution is -2.57.